The van der Waals surface area contributed by atoms with Crippen molar-refractivity contribution in [3.8, 4) is 0 Å². The molecule has 0 bridgehead atoms. The van der Waals surface area contributed by atoms with Gasteiger partial charge >= 0.3 is 0 Å². The van der Waals surface area contributed by atoms with E-state index in [0.29, 0.717) is 16.7 Å². The molecule has 0 saturated heterocycles. The van der Waals surface area contributed by atoms with Crippen LogP contribution in [0, 0.1) is 4.64 Å². The van der Waals surface area contributed by atoms with E-state index in [9.17, 15) is 4.79 Å². The second-order valence-electron chi connectivity index (χ2n) is 3.70. The number of hydrogen-bond acceptors (Lipinski definition) is 2. The van der Waals surface area contributed by atoms with Crippen LogP contribution >= 0.6 is 12.2 Å². The van der Waals surface area contributed by atoms with Crippen LogP contribution in [0.25, 0.3) is 0 Å². The molecule has 1 heterocycles. The summed E-state index contributed by atoms with van der Waals surface area (Å²) in [6, 6.07) is 13.3. The maximum Gasteiger partial charge on any atom is 0.251 e. The predicted octanol–water partition coefficient (Wildman–Crippen LogP) is 2.36. The van der Waals surface area contributed by atoms with Crippen molar-refractivity contribution >= 4 is 18.1 Å². The zero-order chi connectivity index (χ0) is 12.3. The van der Waals surface area contributed by atoms with Crippen molar-refractivity contribution in [2.45, 2.75) is 6.54 Å². The van der Waals surface area contributed by atoms with Gasteiger partial charge in [-0.25, -0.2) is 0 Å². The van der Waals surface area contributed by atoms with E-state index in [1.54, 1.807) is 12.1 Å². The Morgan fingerprint density at radius 1 is 1.18 bits per heavy atom. The zero-order valence-corrected chi connectivity index (χ0v) is 9.98. The van der Waals surface area contributed by atoms with Gasteiger partial charge in [-0.2, -0.15) is 0 Å². The number of hydrogen-bond donors (Lipinski definition) is 1. The van der Waals surface area contributed by atoms with Crippen LogP contribution in [0.2, 0.25) is 0 Å². The molecule has 86 valence electrons. The van der Waals surface area contributed by atoms with E-state index < -0.39 is 5.91 Å². The molecule has 0 aliphatic carbocycles. The third-order valence-electron chi connectivity index (χ3n) is 2.48. The van der Waals surface area contributed by atoms with Gasteiger partial charge in [0.05, 0.1) is 5.56 Å². The molecule has 2 N–H and O–H groups in total. The molecule has 0 spiro atoms. The highest BCUT2D eigenvalue weighted by molar-refractivity contribution is 7.71. The quantitative estimate of drug-likeness (QED) is 0.843. The second-order valence-corrected chi connectivity index (χ2v) is 4.09. The van der Waals surface area contributed by atoms with Crippen molar-refractivity contribution in [3.05, 3.63) is 64.4 Å². The Bertz CT molecular complexity index is 590. The van der Waals surface area contributed by atoms with Crippen LogP contribution in [0.15, 0.2) is 48.7 Å². The molecule has 2 rings (SSSR count). The van der Waals surface area contributed by atoms with Gasteiger partial charge < -0.3 is 10.3 Å². The van der Waals surface area contributed by atoms with Gasteiger partial charge in [0.1, 0.15) is 4.64 Å². The van der Waals surface area contributed by atoms with Crippen molar-refractivity contribution < 1.29 is 4.79 Å². The van der Waals surface area contributed by atoms with E-state index in [4.69, 9.17) is 18.0 Å². The summed E-state index contributed by atoms with van der Waals surface area (Å²) in [5, 5.41) is 0. The lowest BCUT2D eigenvalue weighted by molar-refractivity contribution is 0.0999. The Labute approximate surface area is 105 Å². The Balaban J connectivity index is 2.38. The fourth-order valence-electron chi connectivity index (χ4n) is 1.63. The zero-order valence-electron chi connectivity index (χ0n) is 9.17. The summed E-state index contributed by atoms with van der Waals surface area (Å²) in [5.74, 6) is -0.489. The lowest BCUT2D eigenvalue weighted by atomic mass is 10.2. The van der Waals surface area contributed by atoms with Gasteiger partial charge in [0.2, 0.25) is 0 Å². The summed E-state index contributed by atoms with van der Waals surface area (Å²) in [6.45, 7) is 0.640. The summed E-state index contributed by atoms with van der Waals surface area (Å²) in [4.78, 5) is 11.2. The molecule has 0 saturated carbocycles. The smallest absolute Gasteiger partial charge is 0.251 e. The minimum atomic E-state index is -0.489. The van der Waals surface area contributed by atoms with Crippen LogP contribution in [0.3, 0.4) is 0 Å². The molecule has 2 aromatic rings. The summed E-state index contributed by atoms with van der Waals surface area (Å²) in [7, 11) is 0. The van der Waals surface area contributed by atoms with Crippen molar-refractivity contribution in [2.24, 2.45) is 5.73 Å². The van der Waals surface area contributed by atoms with E-state index in [-0.39, 0.29) is 0 Å². The Hall–Kier alpha value is -1.94. The SMILES string of the molecule is NC(=O)c1cccn(Cc2ccccc2)c1=S. The van der Waals surface area contributed by atoms with E-state index in [1.807, 2.05) is 41.1 Å². The summed E-state index contributed by atoms with van der Waals surface area (Å²) >= 11 is 5.23. The van der Waals surface area contributed by atoms with Crippen LogP contribution in [-0.2, 0) is 6.54 Å². The number of nitrogens with two attached hydrogens (primary N) is 1. The average Bonchev–Trinajstić information content (AvgIpc) is 2.33. The van der Waals surface area contributed by atoms with Crippen LogP contribution in [0.1, 0.15) is 15.9 Å². The highest BCUT2D eigenvalue weighted by Gasteiger charge is 2.05. The molecule has 0 radical (unpaired) electrons. The first-order valence-electron chi connectivity index (χ1n) is 5.21. The first-order valence-corrected chi connectivity index (χ1v) is 5.62. The number of benzene rings is 1. The minimum absolute atomic E-state index is 0.387. The van der Waals surface area contributed by atoms with E-state index in [1.165, 1.54) is 0 Å². The number of primary amides is 1. The minimum Gasteiger partial charge on any atom is -0.366 e. The normalized spacial score (nSPS) is 10.1. The van der Waals surface area contributed by atoms with Crippen LogP contribution in [-0.4, -0.2) is 10.5 Å². The largest absolute Gasteiger partial charge is 0.366 e. The Morgan fingerprint density at radius 3 is 2.53 bits per heavy atom. The van der Waals surface area contributed by atoms with Crippen molar-refractivity contribution in [1.29, 1.82) is 0 Å². The Kier molecular flexibility index (Phi) is 3.35. The molecule has 0 aliphatic heterocycles. The predicted molar refractivity (Wildman–Crippen MR) is 69.3 cm³/mol. The van der Waals surface area contributed by atoms with Crippen LogP contribution in [0.5, 0.6) is 0 Å². The molecule has 17 heavy (non-hydrogen) atoms. The van der Waals surface area contributed by atoms with E-state index >= 15 is 0 Å². The lowest BCUT2D eigenvalue weighted by Gasteiger charge is -2.08. The van der Waals surface area contributed by atoms with E-state index in [2.05, 4.69) is 0 Å². The van der Waals surface area contributed by atoms with Gasteiger partial charge in [-0.3, -0.25) is 4.79 Å². The third kappa shape index (κ3) is 2.60. The number of aromatic nitrogens is 1. The number of carbonyl (C=O) groups excluding carboxylic acids is 1. The molecule has 0 aliphatic rings. The van der Waals surface area contributed by atoms with Crippen LogP contribution < -0.4 is 5.73 Å². The molecule has 1 aromatic carbocycles. The molecule has 1 amide bonds. The monoisotopic (exact) mass is 244 g/mol. The molecular weight excluding hydrogens is 232 g/mol. The molecule has 4 heteroatoms. The molecule has 3 nitrogen and oxygen atoms in total. The summed E-state index contributed by atoms with van der Waals surface area (Å²) in [6.07, 6.45) is 1.85. The van der Waals surface area contributed by atoms with Gasteiger partial charge in [0, 0.05) is 12.7 Å². The molecule has 1 aromatic heterocycles. The topological polar surface area (TPSA) is 48.0 Å². The first-order chi connectivity index (χ1) is 8.18. The number of rotatable bonds is 3. The van der Waals surface area contributed by atoms with E-state index in [0.717, 1.165) is 5.56 Å². The standard InChI is InChI=1S/C13H12N2OS/c14-12(16)11-7-4-8-15(13(11)17)9-10-5-2-1-3-6-10/h1-8H,9H2,(H2,14,16). The van der Waals surface area contributed by atoms with Crippen molar-refractivity contribution in [2.75, 3.05) is 0 Å². The van der Waals surface area contributed by atoms with Gasteiger partial charge in [-0.05, 0) is 17.7 Å². The Morgan fingerprint density at radius 2 is 1.88 bits per heavy atom. The van der Waals surface area contributed by atoms with Crippen molar-refractivity contribution in [3.63, 3.8) is 0 Å². The summed E-state index contributed by atoms with van der Waals surface area (Å²) < 4.78 is 2.31. The van der Waals surface area contributed by atoms with Gasteiger partial charge in [0.15, 0.2) is 0 Å². The molecular formula is C13H12N2OS. The number of nitrogens with zero attached hydrogens (tertiary/aromatic N) is 1. The first kappa shape index (κ1) is 11.5. The van der Waals surface area contributed by atoms with Gasteiger partial charge in [-0.15, -0.1) is 0 Å². The lowest BCUT2D eigenvalue weighted by Crippen LogP contribution is -2.14. The maximum absolute atomic E-state index is 11.2. The fraction of sp³-hybridized carbons (Fsp3) is 0.0769. The van der Waals surface area contributed by atoms with Gasteiger partial charge in [-0.1, -0.05) is 42.5 Å². The molecule has 0 atom stereocenters. The fourth-order valence-corrected chi connectivity index (χ4v) is 1.92. The highest BCUT2D eigenvalue weighted by atomic mass is 32.1. The maximum atomic E-state index is 11.2. The second kappa shape index (κ2) is 4.93. The number of carbonyl (C=O) groups is 1. The average molecular weight is 244 g/mol. The van der Waals surface area contributed by atoms with Gasteiger partial charge in [0.25, 0.3) is 5.91 Å². The summed E-state index contributed by atoms with van der Waals surface area (Å²) in [5.41, 5.74) is 6.78. The third-order valence-corrected chi connectivity index (χ3v) is 2.94. The molecule has 0 fully saturated rings. The van der Waals surface area contributed by atoms with Crippen molar-refractivity contribution in [1.82, 2.24) is 4.57 Å². The number of pyridine rings is 1. The molecule has 0 unspecified atom stereocenters. The number of amides is 1. The van der Waals surface area contributed by atoms with Crippen LogP contribution in [0.4, 0.5) is 0 Å². The highest BCUT2D eigenvalue weighted by Crippen LogP contribution is 2.07.